The molecule has 0 amide bonds. The number of carbonyl (C=O) groups is 1. The maximum Gasteiger partial charge on any atom is 0.363 e. The number of fused-ring (bicyclic) bond motifs is 1. The van der Waals surface area contributed by atoms with E-state index >= 15 is 0 Å². The Hall–Kier alpha value is -4.98. The Morgan fingerprint density at radius 1 is 0.944 bits per heavy atom. The number of hydrogen-bond donors (Lipinski definition) is 0. The molecule has 0 saturated heterocycles. The van der Waals surface area contributed by atoms with Gasteiger partial charge in [0.25, 0.3) is 5.69 Å². The predicted molar refractivity (Wildman–Crippen MR) is 135 cm³/mol. The Morgan fingerprint density at radius 2 is 1.78 bits per heavy atom. The van der Waals surface area contributed by atoms with Gasteiger partial charge in [-0.2, -0.15) is 0 Å². The largest absolute Gasteiger partial charge is 0.493 e. The summed E-state index contributed by atoms with van der Waals surface area (Å²) in [6, 6.07) is 25.1. The van der Waals surface area contributed by atoms with Crippen LogP contribution in [-0.2, 0) is 16.1 Å². The second kappa shape index (κ2) is 9.71. The quantitative estimate of drug-likeness (QED) is 0.146. The number of carbonyl (C=O) groups excluding carboxylic acids is 1. The van der Waals surface area contributed by atoms with E-state index in [1.54, 1.807) is 36.4 Å². The predicted octanol–water partition coefficient (Wildman–Crippen LogP) is 5.68. The minimum absolute atomic E-state index is 0.00268. The summed E-state index contributed by atoms with van der Waals surface area (Å²) in [5, 5.41) is 13.1. The molecule has 0 atom stereocenters. The number of nitro groups is 1. The lowest BCUT2D eigenvalue weighted by Gasteiger charge is -2.11. The van der Waals surface area contributed by atoms with Crippen LogP contribution in [0.15, 0.2) is 95.6 Å². The van der Waals surface area contributed by atoms with Gasteiger partial charge in [0, 0.05) is 17.7 Å². The van der Waals surface area contributed by atoms with E-state index < -0.39 is 10.9 Å². The molecule has 178 valence electrons. The molecule has 0 bridgehead atoms. The Bertz CT molecular complexity index is 1560. The van der Waals surface area contributed by atoms with Crippen molar-refractivity contribution in [3.05, 3.63) is 117 Å². The van der Waals surface area contributed by atoms with E-state index in [0.29, 0.717) is 28.2 Å². The maximum atomic E-state index is 12.5. The number of hydrogen-bond acceptors (Lipinski definition) is 7. The third-order valence-corrected chi connectivity index (χ3v) is 5.62. The zero-order chi connectivity index (χ0) is 25.1. The molecule has 5 rings (SSSR count). The van der Waals surface area contributed by atoms with Crippen LogP contribution in [0.25, 0.3) is 16.8 Å². The first-order valence-corrected chi connectivity index (χ1v) is 11.1. The summed E-state index contributed by atoms with van der Waals surface area (Å²) in [4.78, 5) is 27.4. The third kappa shape index (κ3) is 4.78. The molecule has 0 fully saturated rings. The van der Waals surface area contributed by atoms with Gasteiger partial charge in [0.15, 0.2) is 17.2 Å². The molecule has 36 heavy (non-hydrogen) atoms. The molecule has 0 spiro atoms. The minimum Gasteiger partial charge on any atom is -0.493 e. The Morgan fingerprint density at radius 3 is 2.58 bits per heavy atom. The zero-order valence-electron chi connectivity index (χ0n) is 19.2. The number of methoxy groups -OCH3 is 1. The Kier molecular flexibility index (Phi) is 6.15. The molecule has 4 aromatic rings. The van der Waals surface area contributed by atoms with Crippen LogP contribution < -0.4 is 9.47 Å². The van der Waals surface area contributed by atoms with Crippen molar-refractivity contribution < 1.29 is 23.9 Å². The average Bonchev–Trinajstić information content (AvgIpc) is 3.27. The van der Waals surface area contributed by atoms with E-state index in [2.05, 4.69) is 4.99 Å². The molecule has 0 aliphatic carbocycles. The highest BCUT2D eigenvalue weighted by Crippen LogP contribution is 2.31. The Balaban J connectivity index is 1.35. The number of cyclic esters (lactones) is 1. The zero-order valence-corrected chi connectivity index (χ0v) is 19.2. The van der Waals surface area contributed by atoms with E-state index in [-0.39, 0.29) is 23.9 Å². The summed E-state index contributed by atoms with van der Waals surface area (Å²) in [6.07, 6.45) is 1.61. The first kappa shape index (κ1) is 22.8. The van der Waals surface area contributed by atoms with Crippen LogP contribution in [0.4, 0.5) is 5.69 Å². The fourth-order valence-corrected chi connectivity index (χ4v) is 3.83. The first-order valence-electron chi connectivity index (χ1n) is 11.1. The molecule has 0 saturated carbocycles. The average molecular weight is 480 g/mol. The highest BCUT2D eigenvalue weighted by molar-refractivity contribution is 6.13. The van der Waals surface area contributed by atoms with Gasteiger partial charge in [-0.3, -0.25) is 10.1 Å². The fraction of sp³-hybridized carbons (Fsp3) is 0.0714. The number of aliphatic imine (C=N–C) groups is 1. The van der Waals surface area contributed by atoms with Crippen molar-refractivity contribution in [1.29, 1.82) is 0 Å². The Labute approximate surface area is 206 Å². The number of rotatable bonds is 7. The number of nitro benzene ring substituents is 1. The van der Waals surface area contributed by atoms with Crippen LogP contribution in [0.1, 0.15) is 16.7 Å². The van der Waals surface area contributed by atoms with Crippen LogP contribution in [0.2, 0.25) is 0 Å². The van der Waals surface area contributed by atoms with Gasteiger partial charge in [-0.25, -0.2) is 9.79 Å². The lowest BCUT2D eigenvalue weighted by molar-refractivity contribution is -0.384. The molecular weight excluding hydrogens is 460 g/mol. The van der Waals surface area contributed by atoms with E-state index in [9.17, 15) is 14.9 Å². The standard InChI is InChI=1S/C28H20N2O6/c1-34-26-15-18(9-12-25(26)35-17-19-5-4-8-23(13-19)30(32)33)14-24-28(31)36-27(29-24)22-11-10-20-6-2-3-7-21(20)16-22/h2-16H,17H2,1H3/b24-14-. The molecule has 8 nitrogen and oxygen atoms in total. The van der Waals surface area contributed by atoms with Gasteiger partial charge in [0.2, 0.25) is 5.90 Å². The normalized spacial score (nSPS) is 14.0. The summed E-state index contributed by atoms with van der Waals surface area (Å²) in [6.45, 7) is 0.129. The van der Waals surface area contributed by atoms with E-state index in [1.165, 1.54) is 19.2 Å². The second-order valence-corrected chi connectivity index (χ2v) is 8.02. The van der Waals surface area contributed by atoms with Gasteiger partial charge in [0.1, 0.15) is 6.61 Å². The molecular formula is C28H20N2O6. The molecule has 0 radical (unpaired) electrons. The lowest BCUT2D eigenvalue weighted by Crippen LogP contribution is -2.05. The van der Waals surface area contributed by atoms with Crippen LogP contribution in [0.5, 0.6) is 11.5 Å². The van der Waals surface area contributed by atoms with E-state index in [0.717, 1.165) is 10.8 Å². The van der Waals surface area contributed by atoms with Crippen molar-refractivity contribution in [3.8, 4) is 11.5 Å². The molecule has 0 unspecified atom stereocenters. The van der Waals surface area contributed by atoms with Crippen LogP contribution in [0, 0.1) is 10.1 Å². The molecule has 1 aliphatic heterocycles. The number of non-ortho nitro benzene ring substituents is 1. The van der Waals surface area contributed by atoms with E-state index in [4.69, 9.17) is 14.2 Å². The summed E-state index contributed by atoms with van der Waals surface area (Å²) in [5.41, 5.74) is 2.21. The molecule has 1 heterocycles. The van der Waals surface area contributed by atoms with Gasteiger partial charge in [-0.1, -0.05) is 48.5 Å². The van der Waals surface area contributed by atoms with Crippen molar-refractivity contribution in [1.82, 2.24) is 0 Å². The van der Waals surface area contributed by atoms with Gasteiger partial charge < -0.3 is 14.2 Å². The smallest absolute Gasteiger partial charge is 0.363 e. The molecule has 1 aliphatic rings. The van der Waals surface area contributed by atoms with Crippen molar-refractivity contribution in [2.45, 2.75) is 6.61 Å². The summed E-state index contributed by atoms with van der Waals surface area (Å²) < 4.78 is 16.7. The third-order valence-electron chi connectivity index (χ3n) is 5.62. The van der Waals surface area contributed by atoms with Crippen LogP contribution in [0.3, 0.4) is 0 Å². The topological polar surface area (TPSA) is 100 Å². The number of benzene rings is 4. The monoisotopic (exact) mass is 480 g/mol. The highest BCUT2D eigenvalue weighted by Gasteiger charge is 2.24. The fourth-order valence-electron chi connectivity index (χ4n) is 3.83. The maximum absolute atomic E-state index is 12.5. The van der Waals surface area contributed by atoms with Crippen molar-refractivity contribution >= 4 is 34.4 Å². The summed E-state index contributed by atoms with van der Waals surface area (Å²) >= 11 is 0. The number of nitrogens with zero attached hydrogens (tertiary/aromatic N) is 2. The van der Waals surface area contributed by atoms with Crippen LogP contribution in [-0.4, -0.2) is 23.9 Å². The van der Waals surface area contributed by atoms with Gasteiger partial charge in [0.05, 0.1) is 12.0 Å². The van der Waals surface area contributed by atoms with E-state index in [1.807, 2.05) is 42.5 Å². The van der Waals surface area contributed by atoms with Gasteiger partial charge >= 0.3 is 5.97 Å². The number of ether oxygens (including phenoxy) is 3. The molecule has 0 aromatic heterocycles. The van der Waals surface area contributed by atoms with Gasteiger partial charge in [-0.05, 0) is 52.2 Å². The van der Waals surface area contributed by atoms with Crippen molar-refractivity contribution in [2.24, 2.45) is 4.99 Å². The molecule has 0 N–H and O–H groups in total. The van der Waals surface area contributed by atoms with Crippen molar-refractivity contribution in [2.75, 3.05) is 7.11 Å². The van der Waals surface area contributed by atoms with Crippen molar-refractivity contribution in [3.63, 3.8) is 0 Å². The minimum atomic E-state index is -0.539. The first-order chi connectivity index (χ1) is 17.5. The molecule has 8 heteroatoms. The number of esters is 1. The summed E-state index contributed by atoms with van der Waals surface area (Å²) in [5.74, 6) is 0.615. The SMILES string of the molecule is COc1cc(/C=C2\N=C(c3ccc4ccccc4c3)OC2=O)ccc1OCc1cccc([N+](=O)[O-])c1. The summed E-state index contributed by atoms with van der Waals surface area (Å²) in [7, 11) is 1.51. The highest BCUT2D eigenvalue weighted by atomic mass is 16.6. The second-order valence-electron chi connectivity index (χ2n) is 8.02. The lowest BCUT2D eigenvalue weighted by atomic mass is 10.1. The molecule has 4 aromatic carbocycles. The van der Waals surface area contributed by atoms with Gasteiger partial charge in [-0.15, -0.1) is 0 Å². The van der Waals surface area contributed by atoms with Crippen LogP contribution >= 0.6 is 0 Å².